The van der Waals surface area contributed by atoms with Crippen molar-refractivity contribution < 1.29 is 19.1 Å². The molecule has 0 bridgehead atoms. The summed E-state index contributed by atoms with van der Waals surface area (Å²) in [6.07, 6.45) is 0.213. The van der Waals surface area contributed by atoms with Crippen LogP contribution in [0.5, 0.6) is 0 Å². The molecule has 114 valence electrons. The number of hydrogen-bond acceptors (Lipinski definition) is 4. The minimum Gasteiger partial charge on any atom is -0.453 e. The number of amides is 2. The molecule has 1 heterocycles. The number of carbonyl (C=O) groups excluding carboxylic acids is 2. The maximum absolute atomic E-state index is 12.0. The molecule has 1 aromatic rings. The zero-order valence-electron chi connectivity index (χ0n) is 12.3. The van der Waals surface area contributed by atoms with E-state index in [4.69, 9.17) is 4.74 Å². The number of aryl methyl sites for hydroxylation is 1. The molecule has 1 aliphatic rings. The van der Waals surface area contributed by atoms with Gasteiger partial charge in [0.15, 0.2) is 0 Å². The monoisotopic (exact) mass is 292 g/mol. The van der Waals surface area contributed by atoms with Gasteiger partial charge in [-0.25, -0.2) is 4.79 Å². The molecule has 1 unspecified atom stereocenters. The molecule has 1 N–H and O–H groups in total. The Labute approximate surface area is 124 Å². The quantitative estimate of drug-likeness (QED) is 0.909. The number of carbonyl (C=O) groups is 2. The van der Waals surface area contributed by atoms with E-state index in [0.717, 1.165) is 12.1 Å². The van der Waals surface area contributed by atoms with E-state index in [1.807, 2.05) is 24.3 Å². The van der Waals surface area contributed by atoms with Crippen LogP contribution in [0.3, 0.4) is 0 Å². The van der Waals surface area contributed by atoms with Gasteiger partial charge in [0.1, 0.15) is 6.61 Å². The summed E-state index contributed by atoms with van der Waals surface area (Å²) >= 11 is 0. The fourth-order valence-corrected chi connectivity index (χ4v) is 2.18. The van der Waals surface area contributed by atoms with Crippen molar-refractivity contribution in [1.29, 1.82) is 0 Å². The zero-order valence-corrected chi connectivity index (χ0v) is 12.3. The van der Waals surface area contributed by atoms with Gasteiger partial charge in [-0.05, 0) is 24.1 Å². The summed E-state index contributed by atoms with van der Waals surface area (Å²) in [5.41, 5.74) is 2.08. The van der Waals surface area contributed by atoms with Crippen LogP contribution >= 0.6 is 0 Å². The minimum absolute atomic E-state index is 0.0169. The van der Waals surface area contributed by atoms with Gasteiger partial charge in [0.05, 0.1) is 19.8 Å². The van der Waals surface area contributed by atoms with Gasteiger partial charge in [-0.2, -0.15) is 0 Å². The number of ether oxygens (including phenoxy) is 2. The van der Waals surface area contributed by atoms with E-state index in [2.05, 4.69) is 17.0 Å². The lowest BCUT2D eigenvalue weighted by Gasteiger charge is -2.32. The van der Waals surface area contributed by atoms with Gasteiger partial charge in [-0.15, -0.1) is 0 Å². The van der Waals surface area contributed by atoms with Crippen molar-refractivity contribution in [2.24, 2.45) is 0 Å². The highest BCUT2D eigenvalue weighted by Gasteiger charge is 2.27. The van der Waals surface area contributed by atoms with Crippen molar-refractivity contribution in [2.45, 2.75) is 19.4 Å². The van der Waals surface area contributed by atoms with E-state index in [1.54, 1.807) is 4.90 Å². The van der Waals surface area contributed by atoms with Gasteiger partial charge < -0.3 is 19.7 Å². The molecule has 1 fully saturated rings. The lowest BCUT2D eigenvalue weighted by atomic mass is 10.1. The largest absolute Gasteiger partial charge is 0.453 e. The number of benzene rings is 1. The average molecular weight is 292 g/mol. The van der Waals surface area contributed by atoms with Crippen molar-refractivity contribution in [1.82, 2.24) is 5.32 Å². The van der Waals surface area contributed by atoms with Crippen LogP contribution < -0.4 is 10.2 Å². The molecular formula is C15H20N2O4. The molecule has 6 nitrogen and oxygen atoms in total. The Balaban J connectivity index is 2.00. The summed E-state index contributed by atoms with van der Waals surface area (Å²) in [4.78, 5) is 24.7. The number of alkyl carbamates (subject to hydrolysis) is 1. The second-order valence-corrected chi connectivity index (χ2v) is 4.83. The van der Waals surface area contributed by atoms with E-state index in [1.165, 1.54) is 12.7 Å². The molecule has 0 spiro atoms. The molecule has 21 heavy (non-hydrogen) atoms. The van der Waals surface area contributed by atoms with Crippen molar-refractivity contribution in [3.8, 4) is 0 Å². The highest BCUT2D eigenvalue weighted by molar-refractivity contribution is 5.95. The third-order valence-corrected chi connectivity index (χ3v) is 3.45. The number of methoxy groups -OCH3 is 1. The molecule has 1 saturated heterocycles. The maximum Gasteiger partial charge on any atom is 0.406 e. The van der Waals surface area contributed by atoms with Crippen LogP contribution in [-0.4, -0.2) is 44.9 Å². The molecule has 0 aromatic heterocycles. The van der Waals surface area contributed by atoms with Crippen molar-refractivity contribution in [3.63, 3.8) is 0 Å². The molecule has 0 aliphatic carbocycles. The maximum atomic E-state index is 12.0. The van der Waals surface area contributed by atoms with Gasteiger partial charge >= 0.3 is 6.09 Å². The summed E-state index contributed by atoms with van der Waals surface area (Å²) < 4.78 is 9.93. The summed E-state index contributed by atoms with van der Waals surface area (Å²) in [5.74, 6) is -0.0754. The number of nitrogens with zero attached hydrogens (tertiary/aromatic N) is 1. The van der Waals surface area contributed by atoms with Crippen LogP contribution in [0.15, 0.2) is 24.3 Å². The van der Waals surface area contributed by atoms with Crippen LogP contribution in [0, 0.1) is 0 Å². The summed E-state index contributed by atoms with van der Waals surface area (Å²) in [7, 11) is 1.31. The molecule has 1 aromatic carbocycles. The van der Waals surface area contributed by atoms with E-state index >= 15 is 0 Å². The van der Waals surface area contributed by atoms with Gasteiger partial charge in [0, 0.05) is 12.2 Å². The fourth-order valence-electron chi connectivity index (χ4n) is 2.18. The summed E-state index contributed by atoms with van der Waals surface area (Å²) in [6.45, 7) is 2.82. The number of hydrogen-bond donors (Lipinski definition) is 1. The first kappa shape index (κ1) is 15.3. The van der Waals surface area contributed by atoms with Crippen molar-refractivity contribution in [3.05, 3.63) is 29.8 Å². The first-order chi connectivity index (χ1) is 10.1. The second kappa shape index (κ2) is 7.08. The molecule has 1 aliphatic heterocycles. The molecule has 1 atom stereocenters. The lowest BCUT2D eigenvalue weighted by Crippen LogP contribution is -2.50. The second-order valence-electron chi connectivity index (χ2n) is 4.83. The summed E-state index contributed by atoms with van der Waals surface area (Å²) in [6, 6.07) is 7.90. The van der Waals surface area contributed by atoms with Crippen LogP contribution in [0.1, 0.15) is 12.5 Å². The molecule has 2 amide bonds. The Kier molecular flexibility index (Phi) is 5.16. The minimum atomic E-state index is -0.505. The highest BCUT2D eigenvalue weighted by atomic mass is 16.5. The Morgan fingerprint density at radius 1 is 1.43 bits per heavy atom. The Bertz CT molecular complexity index is 501. The normalized spacial score (nSPS) is 18.5. The number of nitrogens with one attached hydrogen (secondary N) is 1. The van der Waals surface area contributed by atoms with E-state index in [-0.39, 0.29) is 18.6 Å². The Morgan fingerprint density at radius 2 is 2.14 bits per heavy atom. The molecular weight excluding hydrogens is 272 g/mol. The number of rotatable bonds is 4. The van der Waals surface area contributed by atoms with Crippen LogP contribution in [0.2, 0.25) is 0 Å². The topological polar surface area (TPSA) is 67.9 Å². The van der Waals surface area contributed by atoms with Gasteiger partial charge in [-0.1, -0.05) is 19.1 Å². The number of anilines is 1. The Morgan fingerprint density at radius 3 is 2.76 bits per heavy atom. The van der Waals surface area contributed by atoms with Gasteiger partial charge in [0.25, 0.3) is 5.91 Å². The van der Waals surface area contributed by atoms with Crippen molar-refractivity contribution >= 4 is 17.7 Å². The Hall–Kier alpha value is -2.08. The van der Waals surface area contributed by atoms with E-state index < -0.39 is 6.09 Å². The summed E-state index contributed by atoms with van der Waals surface area (Å²) in [5, 5.41) is 2.58. The molecule has 0 radical (unpaired) electrons. The highest BCUT2D eigenvalue weighted by Crippen LogP contribution is 2.19. The van der Waals surface area contributed by atoms with Crippen molar-refractivity contribution in [2.75, 3.05) is 31.7 Å². The molecule has 2 rings (SSSR count). The first-order valence-electron chi connectivity index (χ1n) is 6.96. The lowest BCUT2D eigenvalue weighted by molar-refractivity contribution is -0.129. The zero-order chi connectivity index (χ0) is 15.2. The standard InChI is InChI=1S/C15H20N2O4/c1-3-11-4-6-12(7-5-11)17-9-13(21-10-14(17)18)8-16-15(19)20-2/h4-7,13H,3,8-10H2,1-2H3,(H,16,19). The third-order valence-electron chi connectivity index (χ3n) is 3.45. The first-order valence-corrected chi connectivity index (χ1v) is 6.96. The average Bonchev–Trinajstić information content (AvgIpc) is 2.54. The smallest absolute Gasteiger partial charge is 0.406 e. The van der Waals surface area contributed by atoms with Gasteiger partial charge in [0.2, 0.25) is 0 Å². The van der Waals surface area contributed by atoms with Crippen LogP contribution in [0.25, 0.3) is 0 Å². The third kappa shape index (κ3) is 3.95. The number of morpholine rings is 1. The molecule has 0 saturated carbocycles. The van der Waals surface area contributed by atoms with Crippen LogP contribution in [0.4, 0.5) is 10.5 Å². The van der Waals surface area contributed by atoms with Crippen LogP contribution in [-0.2, 0) is 20.7 Å². The predicted octanol–water partition coefficient (Wildman–Crippen LogP) is 1.34. The fraction of sp³-hybridized carbons (Fsp3) is 0.467. The molecule has 6 heteroatoms. The van der Waals surface area contributed by atoms with E-state index in [0.29, 0.717) is 13.1 Å². The SMILES string of the molecule is CCc1ccc(N2CC(CNC(=O)OC)OCC2=O)cc1. The predicted molar refractivity (Wildman–Crippen MR) is 78.3 cm³/mol. The van der Waals surface area contributed by atoms with Gasteiger partial charge in [-0.3, -0.25) is 4.79 Å². The van der Waals surface area contributed by atoms with E-state index in [9.17, 15) is 9.59 Å².